The highest BCUT2D eigenvalue weighted by atomic mass is 16.2. The number of amides is 4. The number of hydrogen-bond acceptors (Lipinski definition) is 4. The van der Waals surface area contributed by atoms with Crippen molar-refractivity contribution in [1.29, 1.82) is 0 Å². The summed E-state index contributed by atoms with van der Waals surface area (Å²) in [5, 5.41) is 5.52. The Labute approximate surface area is 238 Å². The number of Topliss-reactive ketones (excluding diaryl/α,β-unsaturated/α-hetero) is 1. The average molecular weight is 547 g/mol. The maximum absolute atomic E-state index is 14.1. The van der Waals surface area contributed by atoms with Gasteiger partial charge in [0.2, 0.25) is 0 Å². The molecule has 4 aromatic rings. The lowest BCUT2D eigenvalue weighted by molar-refractivity contribution is -0.119. The van der Waals surface area contributed by atoms with Crippen LogP contribution in [0.5, 0.6) is 0 Å². The Hall–Kier alpha value is -5.24. The maximum atomic E-state index is 14.1. The largest absolute Gasteiger partial charge is 0.324 e. The van der Waals surface area contributed by atoms with E-state index in [0.29, 0.717) is 28.2 Å². The van der Waals surface area contributed by atoms with E-state index in [1.54, 1.807) is 66.7 Å². The van der Waals surface area contributed by atoms with Gasteiger partial charge in [-0.1, -0.05) is 66.7 Å². The van der Waals surface area contributed by atoms with Gasteiger partial charge in [-0.2, -0.15) is 0 Å². The minimum Gasteiger partial charge on any atom is -0.324 e. The van der Waals surface area contributed by atoms with Gasteiger partial charge in [-0.3, -0.25) is 14.4 Å². The van der Waals surface area contributed by atoms with Crippen LogP contribution in [0.15, 0.2) is 103 Å². The molecule has 0 bridgehead atoms. The lowest BCUT2D eigenvalue weighted by atomic mass is 10.0. The van der Waals surface area contributed by atoms with Crippen LogP contribution in [0.1, 0.15) is 31.8 Å². The third-order valence-electron chi connectivity index (χ3n) is 6.99. The summed E-state index contributed by atoms with van der Waals surface area (Å²) in [4.78, 5) is 57.3. The van der Waals surface area contributed by atoms with Crippen molar-refractivity contribution >= 4 is 40.7 Å². The normalized spacial score (nSPS) is 14.6. The topological polar surface area (TPSA) is 98.8 Å². The van der Waals surface area contributed by atoms with E-state index in [9.17, 15) is 19.2 Å². The second kappa shape index (κ2) is 11.9. The molecule has 0 spiro atoms. The van der Waals surface area contributed by atoms with Crippen LogP contribution in [0.4, 0.5) is 21.9 Å². The predicted octanol–water partition coefficient (Wildman–Crippen LogP) is 5.37. The first-order valence-electron chi connectivity index (χ1n) is 13.3. The van der Waals surface area contributed by atoms with Crippen LogP contribution in [-0.2, 0) is 4.79 Å². The van der Waals surface area contributed by atoms with Gasteiger partial charge in [-0.15, -0.1) is 0 Å². The van der Waals surface area contributed by atoms with Crippen molar-refractivity contribution in [3.05, 3.63) is 125 Å². The molecule has 1 heterocycles. The van der Waals surface area contributed by atoms with Crippen LogP contribution in [0.25, 0.3) is 0 Å². The first kappa shape index (κ1) is 27.3. The molecule has 1 aliphatic heterocycles. The molecule has 0 radical (unpaired) electrons. The lowest BCUT2D eigenvalue weighted by Gasteiger charge is -2.25. The molecule has 2 N–H and O–H groups in total. The van der Waals surface area contributed by atoms with Crippen molar-refractivity contribution < 1.29 is 19.2 Å². The smallest absolute Gasteiger partial charge is 0.319 e. The van der Waals surface area contributed by atoms with E-state index in [1.807, 2.05) is 50.2 Å². The zero-order chi connectivity index (χ0) is 28.9. The Morgan fingerprint density at radius 1 is 0.805 bits per heavy atom. The summed E-state index contributed by atoms with van der Waals surface area (Å²) in [5.41, 5.74) is 4.13. The molecule has 0 aromatic heterocycles. The molecule has 8 heteroatoms. The molecule has 8 nitrogen and oxygen atoms in total. The number of ketones is 1. The van der Waals surface area contributed by atoms with Crippen LogP contribution >= 0.6 is 0 Å². The third-order valence-corrected chi connectivity index (χ3v) is 6.99. The number of nitrogens with one attached hydrogen (secondary N) is 2. The number of carbonyl (C=O) groups excluding carboxylic acids is 4. The molecule has 1 aliphatic rings. The molecule has 1 atom stereocenters. The monoisotopic (exact) mass is 546 g/mol. The Morgan fingerprint density at radius 2 is 1.49 bits per heavy atom. The second-order valence-electron chi connectivity index (χ2n) is 9.95. The number of urea groups is 1. The lowest BCUT2D eigenvalue weighted by Crippen LogP contribution is -2.54. The fraction of sp³-hybridized carbons (Fsp3) is 0.152. The summed E-state index contributed by atoms with van der Waals surface area (Å²) in [6, 6.07) is 28.4. The van der Waals surface area contributed by atoms with Crippen LogP contribution in [-0.4, -0.2) is 42.8 Å². The summed E-state index contributed by atoms with van der Waals surface area (Å²) in [5.74, 6) is -1.08. The number of para-hydroxylation sites is 2. The van der Waals surface area contributed by atoms with Gasteiger partial charge in [0.05, 0.1) is 24.5 Å². The quantitative estimate of drug-likeness (QED) is 0.318. The SMILES string of the molecule is Cc1cccc(NC(=O)NC2CN(C(=O)c3ccccc3)c3ccccc3N(CC(=O)c3ccccc3C)C2=O)c1. The third kappa shape index (κ3) is 6.01. The van der Waals surface area contributed by atoms with Gasteiger partial charge in [0.1, 0.15) is 6.04 Å². The zero-order valence-corrected chi connectivity index (χ0v) is 22.8. The summed E-state index contributed by atoms with van der Waals surface area (Å²) in [6.45, 7) is 3.36. The molecule has 4 amide bonds. The van der Waals surface area contributed by atoms with Gasteiger partial charge in [-0.05, 0) is 61.4 Å². The number of carbonyl (C=O) groups is 4. The van der Waals surface area contributed by atoms with Gasteiger partial charge >= 0.3 is 6.03 Å². The number of anilines is 3. The van der Waals surface area contributed by atoms with Crippen molar-refractivity contribution in [1.82, 2.24) is 5.32 Å². The van der Waals surface area contributed by atoms with Crippen molar-refractivity contribution in [2.24, 2.45) is 0 Å². The molecular formula is C33H30N4O4. The van der Waals surface area contributed by atoms with E-state index < -0.39 is 18.0 Å². The van der Waals surface area contributed by atoms with E-state index >= 15 is 0 Å². The van der Waals surface area contributed by atoms with E-state index in [0.717, 1.165) is 11.1 Å². The summed E-state index contributed by atoms with van der Waals surface area (Å²) < 4.78 is 0. The summed E-state index contributed by atoms with van der Waals surface area (Å²) >= 11 is 0. The van der Waals surface area contributed by atoms with Gasteiger partial charge in [0.25, 0.3) is 11.8 Å². The van der Waals surface area contributed by atoms with Crippen LogP contribution in [0, 0.1) is 13.8 Å². The molecule has 206 valence electrons. The van der Waals surface area contributed by atoms with Crippen LogP contribution in [0.3, 0.4) is 0 Å². The minimum atomic E-state index is -1.13. The minimum absolute atomic E-state index is 0.125. The Kier molecular flexibility index (Phi) is 7.92. The van der Waals surface area contributed by atoms with E-state index in [-0.39, 0.29) is 24.8 Å². The molecule has 1 unspecified atom stereocenters. The highest BCUT2D eigenvalue weighted by Gasteiger charge is 2.38. The Bertz CT molecular complexity index is 1620. The van der Waals surface area contributed by atoms with E-state index in [1.165, 1.54) is 9.80 Å². The zero-order valence-electron chi connectivity index (χ0n) is 22.8. The number of nitrogens with zero attached hydrogens (tertiary/aromatic N) is 2. The molecular weight excluding hydrogens is 516 g/mol. The predicted molar refractivity (Wildman–Crippen MR) is 160 cm³/mol. The molecule has 0 aliphatic carbocycles. The summed E-state index contributed by atoms with van der Waals surface area (Å²) in [7, 11) is 0. The van der Waals surface area contributed by atoms with Crippen LogP contribution < -0.4 is 20.4 Å². The highest BCUT2D eigenvalue weighted by molar-refractivity contribution is 6.15. The maximum Gasteiger partial charge on any atom is 0.319 e. The van der Waals surface area contributed by atoms with Gasteiger partial charge in [-0.25, -0.2) is 4.79 Å². The van der Waals surface area contributed by atoms with Crippen molar-refractivity contribution in [3.8, 4) is 0 Å². The standard InChI is InChI=1S/C33H30N4O4/c1-22-11-10-15-25(19-22)34-33(41)35-27-20-36(31(39)24-13-4-3-5-14-24)28-17-8-9-18-29(28)37(32(27)40)21-30(38)26-16-7-6-12-23(26)2/h3-19,27H,20-21H2,1-2H3,(H2,34,35,41). The fourth-order valence-electron chi connectivity index (χ4n) is 4.95. The average Bonchev–Trinajstić information content (AvgIpc) is 3.08. The first-order chi connectivity index (χ1) is 19.8. The van der Waals surface area contributed by atoms with Crippen molar-refractivity contribution in [3.63, 3.8) is 0 Å². The van der Waals surface area contributed by atoms with Crippen LogP contribution in [0.2, 0.25) is 0 Å². The van der Waals surface area contributed by atoms with Gasteiger partial charge < -0.3 is 20.4 Å². The van der Waals surface area contributed by atoms with Gasteiger partial charge in [0.15, 0.2) is 5.78 Å². The number of benzene rings is 4. The van der Waals surface area contributed by atoms with Crippen molar-refractivity contribution in [2.75, 3.05) is 28.2 Å². The number of fused-ring (bicyclic) bond motifs is 1. The second-order valence-corrected chi connectivity index (χ2v) is 9.95. The fourth-order valence-corrected chi connectivity index (χ4v) is 4.95. The summed E-state index contributed by atoms with van der Waals surface area (Å²) in [6.07, 6.45) is 0. The molecule has 5 rings (SSSR count). The van der Waals surface area contributed by atoms with E-state index in [4.69, 9.17) is 0 Å². The number of hydrogen-bond donors (Lipinski definition) is 2. The molecule has 0 saturated heterocycles. The number of rotatable bonds is 6. The molecule has 4 aromatic carbocycles. The van der Waals surface area contributed by atoms with Gasteiger partial charge in [0, 0.05) is 16.8 Å². The first-order valence-corrected chi connectivity index (χ1v) is 13.3. The molecule has 41 heavy (non-hydrogen) atoms. The Balaban J connectivity index is 1.52. The number of aryl methyl sites for hydroxylation is 2. The van der Waals surface area contributed by atoms with E-state index in [2.05, 4.69) is 10.6 Å². The molecule has 0 fully saturated rings. The highest BCUT2D eigenvalue weighted by Crippen LogP contribution is 2.34. The Morgan fingerprint density at radius 3 is 2.22 bits per heavy atom. The molecule has 0 saturated carbocycles. The van der Waals surface area contributed by atoms with Crippen molar-refractivity contribution in [2.45, 2.75) is 19.9 Å².